The van der Waals surface area contributed by atoms with Crippen LogP contribution >= 0.6 is 0 Å². The maximum atomic E-state index is 13.8. The van der Waals surface area contributed by atoms with Gasteiger partial charge in [0.05, 0.1) is 11.9 Å². The molecule has 0 aliphatic carbocycles. The third kappa shape index (κ3) is 9.98. The first-order valence-electron chi connectivity index (χ1n) is 14.4. The van der Waals surface area contributed by atoms with Crippen LogP contribution in [0.3, 0.4) is 0 Å². The number of rotatable bonds is 15. The number of nitrogens with one attached hydrogen (secondary N) is 1. The molecule has 0 radical (unpaired) electrons. The molecule has 0 saturated carbocycles. The van der Waals surface area contributed by atoms with Gasteiger partial charge in [-0.25, -0.2) is 12.8 Å². The van der Waals surface area contributed by atoms with Gasteiger partial charge < -0.3 is 10.2 Å². The Balaban J connectivity index is 1.86. The van der Waals surface area contributed by atoms with E-state index in [-0.39, 0.29) is 49.5 Å². The molecule has 0 bridgehead atoms. The van der Waals surface area contributed by atoms with Crippen LogP contribution in [0.1, 0.15) is 50.3 Å². The third-order valence-electron chi connectivity index (χ3n) is 7.01. The van der Waals surface area contributed by atoms with Crippen LogP contribution in [-0.2, 0) is 39.0 Å². The van der Waals surface area contributed by atoms with E-state index in [0.717, 1.165) is 23.8 Å². The third-order valence-corrected chi connectivity index (χ3v) is 8.20. The van der Waals surface area contributed by atoms with Gasteiger partial charge in [0.15, 0.2) is 0 Å². The predicted octanol–water partition coefficient (Wildman–Crippen LogP) is 5.35. The van der Waals surface area contributed by atoms with E-state index in [2.05, 4.69) is 5.32 Å². The summed E-state index contributed by atoms with van der Waals surface area (Å²) >= 11 is 0. The lowest BCUT2D eigenvalue weighted by atomic mass is 10.0. The standard InChI is InChI=1S/C33H42FN3O4S/c1-5-26-15-19-30(20-16-26)37(42(4,40)41)21-9-12-32(38)36(24-28-13-17-29(34)18-14-28)31(33(39)35-23-25(2)3)22-27-10-7-6-8-11-27/h6-8,10-11,13-20,25,31H,5,9,12,21-24H2,1-4H3,(H,35,39). The van der Waals surface area contributed by atoms with Crippen molar-refractivity contribution < 1.29 is 22.4 Å². The zero-order valence-corrected chi connectivity index (χ0v) is 25.7. The monoisotopic (exact) mass is 595 g/mol. The molecule has 3 aromatic rings. The summed E-state index contributed by atoms with van der Waals surface area (Å²) in [6, 6.07) is 21.9. The molecule has 226 valence electrons. The van der Waals surface area contributed by atoms with Crippen LogP contribution in [0.15, 0.2) is 78.9 Å². The highest BCUT2D eigenvalue weighted by Crippen LogP contribution is 2.21. The Bertz CT molecular complexity index is 1400. The van der Waals surface area contributed by atoms with Gasteiger partial charge in [-0.2, -0.15) is 0 Å². The van der Waals surface area contributed by atoms with Gasteiger partial charge >= 0.3 is 0 Å². The van der Waals surface area contributed by atoms with Crippen LogP contribution in [0, 0.1) is 11.7 Å². The fourth-order valence-electron chi connectivity index (χ4n) is 4.66. The Morgan fingerprint density at radius 1 is 0.881 bits per heavy atom. The van der Waals surface area contributed by atoms with Crippen molar-refractivity contribution in [1.82, 2.24) is 10.2 Å². The van der Waals surface area contributed by atoms with Gasteiger partial charge in [0.1, 0.15) is 11.9 Å². The number of aryl methyl sites for hydroxylation is 1. The van der Waals surface area contributed by atoms with Crippen molar-refractivity contribution in [1.29, 1.82) is 0 Å². The first kappa shape index (κ1) is 32.8. The SMILES string of the molecule is CCc1ccc(N(CCCC(=O)N(Cc2ccc(F)cc2)C(Cc2ccccc2)C(=O)NCC(C)C)S(C)(=O)=O)cc1. The van der Waals surface area contributed by atoms with Gasteiger partial charge in [-0.1, -0.05) is 75.4 Å². The summed E-state index contributed by atoms with van der Waals surface area (Å²) in [4.78, 5) is 28.9. The van der Waals surface area contributed by atoms with Crippen LogP contribution in [0.2, 0.25) is 0 Å². The second-order valence-electron chi connectivity index (χ2n) is 11.0. The van der Waals surface area contributed by atoms with E-state index < -0.39 is 16.1 Å². The Kier molecular flexibility index (Phi) is 12.1. The Hall–Kier alpha value is -3.72. The number of benzene rings is 3. The van der Waals surface area contributed by atoms with Crippen molar-refractivity contribution in [2.24, 2.45) is 5.92 Å². The quantitative estimate of drug-likeness (QED) is 0.257. The summed E-state index contributed by atoms with van der Waals surface area (Å²) in [6.07, 6.45) is 2.58. The minimum atomic E-state index is -3.59. The summed E-state index contributed by atoms with van der Waals surface area (Å²) in [7, 11) is -3.59. The van der Waals surface area contributed by atoms with E-state index in [9.17, 15) is 22.4 Å². The Morgan fingerprint density at radius 2 is 1.50 bits per heavy atom. The summed E-state index contributed by atoms with van der Waals surface area (Å²) < 4.78 is 40.2. The van der Waals surface area contributed by atoms with Gasteiger partial charge in [0.25, 0.3) is 0 Å². The van der Waals surface area contributed by atoms with Crippen molar-refractivity contribution in [2.75, 3.05) is 23.7 Å². The van der Waals surface area contributed by atoms with Gasteiger partial charge in [-0.3, -0.25) is 13.9 Å². The second-order valence-corrected chi connectivity index (χ2v) is 12.9. The number of nitrogens with zero attached hydrogens (tertiary/aromatic N) is 2. The van der Waals surface area contributed by atoms with E-state index in [1.807, 2.05) is 63.2 Å². The molecule has 7 nitrogen and oxygen atoms in total. The van der Waals surface area contributed by atoms with E-state index in [4.69, 9.17) is 0 Å². The molecule has 9 heteroatoms. The second kappa shape index (κ2) is 15.5. The molecule has 3 rings (SSSR count). The number of sulfonamides is 1. The summed E-state index contributed by atoms with van der Waals surface area (Å²) in [5, 5.41) is 2.98. The molecule has 0 fully saturated rings. The Labute approximate surface area is 249 Å². The van der Waals surface area contributed by atoms with E-state index in [0.29, 0.717) is 24.2 Å². The highest BCUT2D eigenvalue weighted by molar-refractivity contribution is 7.92. The largest absolute Gasteiger partial charge is 0.354 e. The topological polar surface area (TPSA) is 86.8 Å². The first-order chi connectivity index (χ1) is 20.0. The lowest BCUT2D eigenvalue weighted by molar-refractivity contribution is -0.141. The van der Waals surface area contributed by atoms with E-state index in [1.54, 1.807) is 24.3 Å². The average Bonchev–Trinajstić information content (AvgIpc) is 2.96. The molecule has 0 spiro atoms. The number of hydrogen-bond acceptors (Lipinski definition) is 4. The number of carbonyl (C=O) groups excluding carboxylic acids is 2. The molecule has 1 atom stereocenters. The van der Waals surface area contributed by atoms with Gasteiger partial charge in [0, 0.05) is 32.5 Å². The number of anilines is 1. The number of hydrogen-bond donors (Lipinski definition) is 1. The molecule has 0 aliphatic rings. The van der Waals surface area contributed by atoms with Crippen molar-refractivity contribution in [2.45, 2.75) is 59.0 Å². The number of halogens is 1. The highest BCUT2D eigenvalue weighted by atomic mass is 32.2. The lowest BCUT2D eigenvalue weighted by Gasteiger charge is -2.32. The van der Waals surface area contributed by atoms with Crippen molar-refractivity contribution in [3.8, 4) is 0 Å². The lowest BCUT2D eigenvalue weighted by Crippen LogP contribution is -2.51. The molecule has 0 aliphatic heterocycles. The van der Waals surface area contributed by atoms with Crippen LogP contribution < -0.4 is 9.62 Å². The fourth-order valence-corrected chi connectivity index (χ4v) is 5.63. The number of carbonyl (C=O) groups is 2. The molecule has 3 aromatic carbocycles. The molecule has 0 aromatic heterocycles. The van der Waals surface area contributed by atoms with Gasteiger partial charge in [-0.15, -0.1) is 0 Å². The summed E-state index contributed by atoms with van der Waals surface area (Å²) in [6.45, 7) is 6.71. The molecular formula is C33H42FN3O4S. The average molecular weight is 596 g/mol. The van der Waals surface area contributed by atoms with Crippen LogP contribution in [0.4, 0.5) is 10.1 Å². The van der Waals surface area contributed by atoms with Crippen molar-refractivity contribution in [3.05, 3.63) is 101 Å². The summed E-state index contributed by atoms with van der Waals surface area (Å²) in [5.41, 5.74) is 3.23. The maximum Gasteiger partial charge on any atom is 0.243 e. The summed E-state index contributed by atoms with van der Waals surface area (Å²) in [5.74, 6) is -0.715. The first-order valence-corrected chi connectivity index (χ1v) is 16.2. The zero-order valence-electron chi connectivity index (χ0n) is 24.9. The minimum absolute atomic E-state index is 0.0308. The van der Waals surface area contributed by atoms with Crippen LogP contribution in [-0.4, -0.2) is 50.5 Å². The molecule has 1 N–H and O–H groups in total. The fraction of sp³-hybridized carbons (Fsp3) is 0.394. The molecule has 2 amide bonds. The van der Waals surface area contributed by atoms with Gasteiger partial charge in [0.2, 0.25) is 21.8 Å². The van der Waals surface area contributed by atoms with E-state index in [1.165, 1.54) is 21.3 Å². The van der Waals surface area contributed by atoms with Crippen molar-refractivity contribution in [3.63, 3.8) is 0 Å². The predicted molar refractivity (Wildman–Crippen MR) is 166 cm³/mol. The minimum Gasteiger partial charge on any atom is -0.354 e. The van der Waals surface area contributed by atoms with Crippen molar-refractivity contribution >= 4 is 27.5 Å². The van der Waals surface area contributed by atoms with Crippen LogP contribution in [0.5, 0.6) is 0 Å². The molecular weight excluding hydrogens is 553 g/mol. The number of amides is 2. The smallest absolute Gasteiger partial charge is 0.243 e. The van der Waals surface area contributed by atoms with Crippen LogP contribution in [0.25, 0.3) is 0 Å². The molecule has 1 unspecified atom stereocenters. The maximum absolute atomic E-state index is 13.8. The molecule has 0 heterocycles. The molecule has 0 saturated heterocycles. The van der Waals surface area contributed by atoms with Gasteiger partial charge in [-0.05, 0) is 59.7 Å². The zero-order chi connectivity index (χ0) is 30.7. The normalized spacial score (nSPS) is 12.1. The highest BCUT2D eigenvalue weighted by Gasteiger charge is 2.30. The van der Waals surface area contributed by atoms with E-state index >= 15 is 0 Å². The molecule has 42 heavy (non-hydrogen) atoms. The Morgan fingerprint density at radius 3 is 2.07 bits per heavy atom.